The molecule has 3 aromatic rings. The summed E-state index contributed by atoms with van der Waals surface area (Å²) in [4.78, 5) is 30.3. The number of amides is 1. The molecule has 0 aliphatic carbocycles. The number of hydrogen-bond acceptors (Lipinski definition) is 4. The summed E-state index contributed by atoms with van der Waals surface area (Å²) in [6, 6.07) is 14.7. The van der Waals surface area contributed by atoms with E-state index in [4.69, 9.17) is 9.47 Å². The van der Waals surface area contributed by atoms with E-state index in [2.05, 4.69) is 4.98 Å². The van der Waals surface area contributed by atoms with Crippen LogP contribution in [0.4, 0.5) is 5.69 Å². The van der Waals surface area contributed by atoms with Crippen molar-refractivity contribution in [2.75, 3.05) is 18.6 Å². The fourth-order valence-electron chi connectivity index (χ4n) is 3.32. The Kier molecular flexibility index (Phi) is 6.77. The molecule has 158 valence electrons. The number of carbonyl (C=O) groups is 1. The summed E-state index contributed by atoms with van der Waals surface area (Å²) in [5.41, 5.74) is 1.77. The van der Waals surface area contributed by atoms with Crippen molar-refractivity contribution in [2.45, 2.75) is 33.7 Å². The topological polar surface area (TPSA) is 71.6 Å². The zero-order chi connectivity index (χ0) is 21.7. The van der Waals surface area contributed by atoms with Gasteiger partial charge in [0, 0.05) is 28.6 Å². The molecule has 0 atom stereocenters. The van der Waals surface area contributed by atoms with Crippen LogP contribution in [-0.4, -0.2) is 24.6 Å². The lowest BCUT2D eigenvalue weighted by atomic mass is 10.1. The van der Waals surface area contributed by atoms with Crippen molar-refractivity contribution >= 4 is 22.5 Å². The second-order valence-electron chi connectivity index (χ2n) is 7.58. The van der Waals surface area contributed by atoms with Gasteiger partial charge in [0.05, 0.1) is 20.3 Å². The van der Waals surface area contributed by atoms with Crippen molar-refractivity contribution in [1.82, 2.24) is 4.98 Å². The maximum Gasteiger partial charge on any atom is 0.253 e. The predicted molar refractivity (Wildman–Crippen MR) is 119 cm³/mol. The molecule has 1 N–H and O–H groups in total. The molecule has 0 unspecified atom stereocenters. The highest BCUT2D eigenvalue weighted by atomic mass is 16.5. The van der Waals surface area contributed by atoms with Gasteiger partial charge in [0.25, 0.3) is 5.56 Å². The third-order valence-corrected chi connectivity index (χ3v) is 4.80. The normalized spacial score (nSPS) is 11.0. The SMILES string of the molecule is CCOc1ccc(N(Cc2cc3cc(OC)ccc3[nH]c2=O)C(=O)CC(C)C)cc1. The zero-order valence-corrected chi connectivity index (χ0v) is 17.9. The molecule has 0 aliphatic heterocycles. The van der Waals surface area contributed by atoms with Crippen LogP contribution in [0.3, 0.4) is 0 Å². The Morgan fingerprint density at radius 2 is 1.77 bits per heavy atom. The average molecular weight is 408 g/mol. The van der Waals surface area contributed by atoms with Crippen LogP contribution in [0.5, 0.6) is 11.5 Å². The van der Waals surface area contributed by atoms with E-state index in [1.54, 1.807) is 18.1 Å². The highest BCUT2D eigenvalue weighted by molar-refractivity contribution is 5.93. The van der Waals surface area contributed by atoms with Crippen molar-refractivity contribution in [2.24, 2.45) is 5.92 Å². The van der Waals surface area contributed by atoms with Gasteiger partial charge in [-0.3, -0.25) is 9.59 Å². The Balaban J connectivity index is 1.98. The maximum atomic E-state index is 13.0. The molecule has 0 fully saturated rings. The second-order valence-corrected chi connectivity index (χ2v) is 7.58. The molecule has 1 amide bonds. The van der Waals surface area contributed by atoms with E-state index >= 15 is 0 Å². The van der Waals surface area contributed by atoms with Crippen LogP contribution < -0.4 is 19.9 Å². The lowest BCUT2D eigenvalue weighted by Gasteiger charge is -2.24. The molecule has 0 radical (unpaired) electrons. The van der Waals surface area contributed by atoms with Crippen LogP contribution in [0.15, 0.2) is 53.3 Å². The Morgan fingerprint density at radius 1 is 1.07 bits per heavy atom. The van der Waals surface area contributed by atoms with E-state index in [9.17, 15) is 9.59 Å². The van der Waals surface area contributed by atoms with Gasteiger partial charge in [-0.05, 0) is 61.4 Å². The van der Waals surface area contributed by atoms with Gasteiger partial charge in [-0.25, -0.2) is 0 Å². The molecule has 1 heterocycles. The van der Waals surface area contributed by atoms with Crippen LogP contribution >= 0.6 is 0 Å². The third kappa shape index (κ3) is 5.00. The number of ether oxygens (including phenoxy) is 2. The molecule has 2 aromatic carbocycles. The van der Waals surface area contributed by atoms with Gasteiger partial charge < -0.3 is 19.4 Å². The number of methoxy groups -OCH3 is 1. The minimum Gasteiger partial charge on any atom is -0.497 e. The van der Waals surface area contributed by atoms with Gasteiger partial charge in [-0.1, -0.05) is 13.8 Å². The molecule has 0 aliphatic rings. The fraction of sp³-hybridized carbons (Fsp3) is 0.333. The van der Waals surface area contributed by atoms with Gasteiger partial charge >= 0.3 is 0 Å². The molecule has 0 saturated heterocycles. The highest BCUT2D eigenvalue weighted by Crippen LogP contribution is 2.24. The van der Waals surface area contributed by atoms with E-state index < -0.39 is 0 Å². The van der Waals surface area contributed by atoms with Crippen molar-refractivity contribution in [3.8, 4) is 11.5 Å². The van der Waals surface area contributed by atoms with Crippen LogP contribution in [0.2, 0.25) is 0 Å². The summed E-state index contributed by atoms with van der Waals surface area (Å²) in [6.07, 6.45) is 0.395. The molecule has 30 heavy (non-hydrogen) atoms. The molecule has 0 bridgehead atoms. The minimum atomic E-state index is -0.207. The fourth-order valence-corrected chi connectivity index (χ4v) is 3.32. The van der Waals surface area contributed by atoms with Crippen molar-refractivity contribution < 1.29 is 14.3 Å². The summed E-state index contributed by atoms with van der Waals surface area (Å²) in [5, 5.41) is 0.854. The number of carbonyl (C=O) groups excluding carboxylic acids is 1. The van der Waals surface area contributed by atoms with E-state index in [0.717, 1.165) is 22.3 Å². The number of rotatable bonds is 8. The minimum absolute atomic E-state index is 0.0284. The van der Waals surface area contributed by atoms with Crippen LogP contribution in [0.1, 0.15) is 32.8 Å². The van der Waals surface area contributed by atoms with Crippen molar-refractivity contribution in [3.63, 3.8) is 0 Å². The molecule has 6 heteroatoms. The number of anilines is 1. The molecular weight excluding hydrogens is 380 g/mol. The first-order valence-corrected chi connectivity index (χ1v) is 10.1. The smallest absolute Gasteiger partial charge is 0.253 e. The quantitative estimate of drug-likeness (QED) is 0.595. The highest BCUT2D eigenvalue weighted by Gasteiger charge is 2.19. The number of benzene rings is 2. The molecule has 1 aromatic heterocycles. The summed E-state index contributed by atoms with van der Waals surface area (Å²) < 4.78 is 10.8. The van der Waals surface area contributed by atoms with Crippen LogP contribution in [-0.2, 0) is 11.3 Å². The lowest BCUT2D eigenvalue weighted by molar-refractivity contribution is -0.119. The van der Waals surface area contributed by atoms with Gasteiger partial charge in [0.1, 0.15) is 11.5 Å². The van der Waals surface area contributed by atoms with Crippen molar-refractivity contribution in [3.05, 3.63) is 64.4 Å². The maximum absolute atomic E-state index is 13.0. The van der Waals surface area contributed by atoms with Gasteiger partial charge in [0.2, 0.25) is 5.91 Å². The van der Waals surface area contributed by atoms with E-state index in [0.29, 0.717) is 24.3 Å². The number of aromatic nitrogens is 1. The molecule has 6 nitrogen and oxygen atoms in total. The third-order valence-electron chi connectivity index (χ3n) is 4.80. The van der Waals surface area contributed by atoms with Crippen LogP contribution in [0.25, 0.3) is 10.9 Å². The molecular formula is C24H28N2O4. The van der Waals surface area contributed by atoms with E-state index in [1.165, 1.54) is 0 Å². The lowest BCUT2D eigenvalue weighted by Crippen LogP contribution is -2.33. The Bertz CT molecular complexity index is 1070. The zero-order valence-electron chi connectivity index (χ0n) is 17.9. The van der Waals surface area contributed by atoms with E-state index in [1.807, 2.05) is 63.2 Å². The first kappa shape index (κ1) is 21.4. The van der Waals surface area contributed by atoms with E-state index in [-0.39, 0.29) is 23.9 Å². The monoisotopic (exact) mass is 408 g/mol. The number of nitrogens with zero attached hydrogens (tertiary/aromatic N) is 1. The Hall–Kier alpha value is -3.28. The summed E-state index contributed by atoms with van der Waals surface area (Å²) in [6.45, 7) is 6.69. The molecule has 0 saturated carbocycles. The average Bonchev–Trinajstić information content (AvgIpc) is 2.72. The first-order chi connectivity index (χ1) is 14.4. The molecule has 3 rings (SSSR count). The number of pyridine rings is 1. The summed E-state index contributed by atoms with van der Waals surface area (Å²) in [7, 11) is 1.60. The summed E-state index contributed by atoms with van der Waals surface area (Å²) >= 11 is 0. The number of H-pyrrole nitrogens is 1. The van der Waals surface area contributed by atoms with Gasteiger partial charge in [-0.2, -0.15) is 0 Å². The van der Waals surface area contributed by atoms with Crippen LogP contribution in [0, 0.1) is 5.92 Å². The predicted octanol–water partition coefficient (Wildman–Crippen LogP) is 4.51. The second kappa shape index (κ2) is 9.48. The standard InChI is InChI=1S/C24H28N2O4/c1-5-30-20-8-6-19(7-9-20)26(23(27)12-16(2)3)15-18-13-17-14-21(29-4)10-11-22(17)25-24(18)28/h6-11,13-14,16H,5,12,15H2,1-4H3,(H,25,28). The Morgan fingerprint density at radius 3 is 2.40 bits per heavy atom. The number of fused-ring (bicyclic) bond motifs is 1. The largest absolute Gasteiger partial charge is 0.497 e. The first-order valence-electron chi connectivity index (χ1n) is 10.1. The number of aromatic amines is 1. The summed E-state index contributed by atoms with van der Waals surface area (Å²) in [5.74, 6) is 1.63. The van der Waals surface area contributed by atoms with Crippen molar-refractivity contribution in [1.29, 1.82) is 0 Å². The van der Waals surface area contributed by atoms with Gasteiger partial charge in [-0.15, -0.1) is 0 Å². The van der Waals surface area contributed by atoms with Gasteiger partial charge in [0.15, 0.2) is 0 Å². The Labute approximate surface area is 176 Å². The number of hydrogen-bond donors (Lipinski definition) is 1. The molecule has 0 spiro atoms. The number of nitrogens with one attached hydrogen (secondary N) is 1.